The highest BCUT2D eigenvalue weighted by atomic mass is 32.1. The summed E-state index contributed by atoms with van der Waals surface area (Å²) in [6.45, 7) is 4.73. The molecule has 194 valence electrons. The van der Waals surface area contributed by atoms with E-state index in [1.807, 2.05) is 36.4 Å². The maximum atomic E-state index is 5.75. The quantitative estimate of drug-likeness (QED) is 0.512. The van der Waals surface area contributed by atoms with Crippen LogP contribution in [0.4, 0.5) is 5.69 Å². The molecular weight excluding hydrogens is 492 g/mol. The summed E-state index contributed by atoms with van der Waals surface area (Å²) in [7, 11) is 4.98. The van der Waals surface area contributed by atoms with Gasteiger partial charge in [-0.1, -0.05) is 12.1 Å². The predicted molar refractivity (Wildman–Crippen MR) is 152 cm³/mol. The molecule has 1 spiro atoms. The highest BCUT2D eigenvalue weighted by Crippen LogP contribution is 2.40. The topological polar surface area (TPSA) is 58.2 Å². The standard InChI is InChI=1S/C27H36N4O3S2/c1-32-22-6-4-5-21(18-22)29-26(36)30-14-10-27(11-15-30)12-16-31(19-27)25(35)28-13-9-20-7-8-23(33-2)24(17-20)34-3/h4-8,17-18H,9-16,19H2,1-3H3,(H,28,35)(H,29,36). The van der Waals surface area contributed by atoms with Crippen LogP contribution in [0.1, 0.15) is 24.8 Å². The predicted octanol–water partition coefficient (Wildman–Crippen LogP) is 4.31. The van der Waals surface area contributed by atoms with Crippen molar-refractivity contribution in [2.45, 2.75) is 25.7 Å². The molecule has 2 aliphatic rings. The zero-order chi connectivity index (χ0) is 25.5. The third-order valence-corrected chi connectivity index (χ3v) is 8.06. The van der Waals surface area contributed by atoms with Gasteiger partial charge in [-0.2, -0.15) is 0 Å². The largest absolute Gasteiger partial charge is 0.497 e. The molecule has 2 aliphatic heterocycles. The van der Waals surface area contributed by atoms with Crippen LogP contribution in [0.3, 0.4) is 0 Å². The highest BCUT2D eigenvalue weighted by Gasteiger charge is 2.41. The molecule has 2 heterocycles. The van der Waals surface area contributed by atoms with E-state index in [2.05, 4.69) is 26.5 Å². The van der Waals surface area contributed by atoms with Crippen LogP contribution in [0.15, 0.2) is 42.5 Å². The van der Waals surface area contributed by atoms with Crippen LogP contribution in [0, 0.1) is 5.41 Å². The van der Waals surface area contributed by atoms with Gasteiger partial charge in [-0.05, 0) is 85.4 Å². The van der Waals surface area contributed by atoms with Crippen molar-refractivity contribution in [2.75, 3.05) is 59.4 Å². The molecule has 9 heteroatoms. The molecule has 2 fully saturated rings. The first kappa shape index (κ1) is 26.3. The molecule has 2 aromatic carbocycles. The average Bonchev–Trinajstić information content (AvgIpc) is 3.32. The molecule has 0 saturated carbocycles. The number of piperidine rings is 1. The van der Waals surface area contributed by atoms with Crippen LogP contribution in [0.2, 0.25) is 0 Å². The zero-order valence-corrected chi connectivity index (χ0v) is 23.0. The van der Waals surface area contributed by atoms with Crippen LogP contribution in [-0.2, 0) is 6.42 Å². The Labute approximate surface area is 225 Å². The van der Waals surface area contributed by atoms with Gasteiger partial charge >= 0.3 is 0 Å². The Kier molecular flexibility index (Phi) is 8.74. The first-order valence-electron chi connectivity index (χ1n) is 12.4. The van der Waals surface area contributed by atoms with E-state index in [1.165, 1.54) is 12.0 Å². The van der Waals surface area contributed by atoms with Crippen molar-refractivity contribution in [3.63, 3.8) is 0 Å². The van der Waals surface area contributed by atoms with Crippen LogP contribution in [-0.4, -0.2) is 74.1 Å². The van der Waals surface area contributed by atoms with E-state index in [9.17, 15) is 0 Å². The van der Waals surface area contributed by atoms with E-state index in [4.69, 9.17) is 38.6 Å². The van der Waals surface area contributed by atoms with Crippen LogP contribution < -0.4 is 24.8 Å². The Morgan fingerprint density at radius 2 is 1.58 bits per heavy atom. The summed E-state index contributed by atoms with van der Waals surface area (Å²) in [5, 5.41) is 8.45. The fourth-order valence-electron chi connectivity index (χ4n) is 5.07. The van der Waals surface area contributed by atoms with Crippen molar-refractivity contribution in [2.24, 2.45) is 5.41 Å². The molecule has 0 radical (unpaired) electrons. The van der Waals surface area contributed by atoms with E-state index in [-0.39, 0.29) is 0 Å². The van der Waals surface area contributed by atoms with Gasteiger partial charge in [0.05, 0.1) is 21.3 Å². The second-order valence-corrected chi connectivity index (χ2v) is 10.3. The minimum atomic E-state index is 0.317. The van der Waals surface area contributed by atoms with Crippen molar-refractivity contribution in [1.82, 2.24) is 15.1 Å². The number of hydrogen-bond donors (Lipinski definition) is 2. The summed E-state index contributed by atoms with van der Waals surface area (Å²) in [5.74, 6) is 2.32. The van der Waals surface area contributed by atoms with E-state index in [1.54, 1.807) is 21.3 Å². The molecule has 2 saturated heterocycles. The van der Waals surface area contributed by atoms with Gasteiger partial charge in [-0.3, -0.25) is 0 Å². The third-order valence-electron chi connectivity index (χ3n) is 7.30. The van der Waals surface area contributed by atoms with Crippen molar-refractivity contribution < 1.29 is 14.2 Å². The van der Waals surface area contributed by atoms with Gasteiger partial charge in [0.1, 0.15) is 5.75 Å². The lowest BCUT2D eigenvalue weighted by Gasteiger charge is -2.40. The number of hydrogen-bond acceptors (Lipinski definition) is 5. The molecule has 2 aromatic rings. The number of thiocarbonyl (C=S) groups is 2. The van der Waals surface area contributed by atoms with E-state index in [0.717, 1.165) is 85.1 Å². The van der Waals surface area contributed by atoms with E-state index >= 15 is 0 Å². The third kappa shape index (κ3) is 6.31. The van der Waals surface area contributed by atoms with Crippen molar-refractivity contribution in [1.29, 1.82) is 0 Å². The van der Waals surface area contributed by atoms with Gasteiger partial charge in [0, 0.05) is 44.5 Å². The summed E-state index contributed by atoms with van der Waals surface area (Å²) in [6, 6.07) is 13.9. The maximum absolute atomic E-state index is 5.75. The molecule has 0 atom stereocenters. The number of likely N-dealkylation sites (tertiary alicyclic amines) is 2. The molecule has 0 bridgehead atoms. The Morgan fingerprint density at radius 1 is 0.861 bits per heavy atom. The number of rotatable bonds is 7. The second-order valence-electron chi connectivity index (χ2n) is 9.49. The lowest BCUT2D eigenvalue weighted by Crippen LogP contribution is -2.47. The van der Waals surface area contributed by atoms with Gasteiger partial charge in [0.25, 0.3) is 0 Å². The number of nitrogens with zero attached hydrogens (tertiary/aromatic N) is 2. The number of anilines is 1. The SMILES string of the molecule is COc1cccc(NC(=S)N2CCC3(CCN(C(=S)NCCc4ccc(OC)c(OC)c4)C3)CC2)c1. The summed E-state index contributed by atoms with van der Waals surface area (Å²) in [6.07, 6.45) is 4.29. The Balaban J connectivity index is 1.21. The Morgan fingerprint density at radius 3 is 2.28 bits per heavy atom. The molecule has 0 unspecified atom stereocenters. The van der Waals surface area contributed by atoms with Crippen molar-refractivity contribution >= 4 is 40.3 Å². The van der Waals surface area contributed by atoms with Gasteiger partial charge < -0.3 is 34.6 Å². The maximum Gasteiger partial charge on any atom is 0.173 e. The van der Waals surface area contributed by atoms with E-state index in [0.29, 0.717) is 5.41 Å². The summed E-state index contributed by atoms with van der Waals surface area (Å²) in [5.41, 5.74) is 2.46. The lowest BCUT2D eigenvalue weighted by atomic mass is 9.78. The minimum Gasteiger partial charge on any atom is -0.497 e. The molecule has 2 N–H and O–H groups in total. The molecule has 0 aromatic heterocycles. The first-order chi connectivity index (χ1) is 17.4. The summed E-state index contributed by atoms with van der Waals surface area (Å²) in [4.78, 5) is 4.62. The molecular formula is C27H36N4O3S2. The van der Waals surface area contributed by atoms with Crippen LogP contribution >= 0.6 is 24.4 Å². The van der Waals surface area contributed by atoms with Crippen LogP contribution in [0.5, 0.6) is 17.2 Å². The fourth-order valence-corrected chi connectivity index (χ4v) is 5.62. The molecule has 36 heavy (non-hydrogen) atoms. The number of benzene rings is 2. The highest BCUT2D eigenvalue weighted by molar-refractivity contribution is 7.80. The monoisotopic (exact) mass is 528 g/mol. The normalized spacial score (nSPS) is 16.5. The summed E-state index contributed by atoms with van der Waals surface area (Å²) < 4.78 is 16.0. The van der Waals surface area contributed by atoms with Gasteiger partial charge in [-0.15, -0.1) is 0 Å². The average molecular weight is 529 g/mol. The van der Waals surface area contributed by atoms with Gasteiger partial charge in [-0.25, -0.2) is 0 Å². The van der Waals surface area contributed by atoms with Gasteiger partial charge in [0.15, 0.2) is 21.7 Å². The second kappa shape index (κ2) is 12.0. The van der Waals surface area contributed by atoms with Crippen molar-refractivity contribution in [3.8, 4) is 17.2 Å². The molecule has 4 rings (SSSR count). The first-order valence-corrected chi connectivity index (χ1v) is 13.2. The molecule has 0 aliphatic carbocycles. The molecule has 0 amide bonds. The smallest absolute Gasteiger partial charge is 0.173 e. The number of ether oxygens (including phenoxy) is 3. The zero-order valence-electron chi connectivity index (χ0n) is 21.3. The lowest BCUT2D eigenvalue weighted by molar-refractivity contribution is 0.161. The van der Waals surface area contributed by atoms with Crippen LogP contribution in [0.25, 0.3) is 0 Å². The number of methoxy groups -OCH3 is 3. The fraction of sp³-hybridized carbons (Fsp3) is 0.481. The minimum absolute atomic E-state index is 0.317. The Bertz CT molecular complexity index is 1070. The summed E-state index contributed by atoms with van der Waals surface area (Å²) >= 11 is 11.4. The van der Waals surface area contributed by atoms with Gasteiger partial charge in [0.2, 0.25) is 0 Å². The number of nitrogens with one attached hydrogen (secondary N) is 2. The van der Waals surface area contributed by atoms with Crippen molar-refractivity contribution in [3.05, 3.63) is 48.0 Å². The van der Waals surface area contributed by atoms with E-state index < -0.39 is 0 Å². The molecule has 7 nitrogen and oxygen atoms in total. The Hall–Kier alpha value is -2.78.